The summed E-state index contributed by atoms with van der Waals surface area (Å²) in [7, 11) is -3.64. The summed E-state index contributed by atoms with van der Waals surface area (Å²) in [5, 5.41) is 0. The highest BCUT2D eigenvalue weighted by Gasteiger charge is 2.49. The Morgan fingerprint density at radius 2 is 1.76 bits per heavy atom. The zero-order chi connectivity index (χ0) is 12.0. The van der Waals surface area contributed by atoms with Crippen molar-refractivity contribution in [2.75, 3.05) is 0 Å². The van der Waals surface area contributed by atoms with Crippen LogP contribution in [-0.4, -0.2) is 26.7 Å². The molecule has 4 nitrogen and oxygen atoms in total. The highest BCUT2D eigenvalue weighted by Crippen LogP contribution is 2.40. The van der Waals surface area contributed by atoms with Gasteiger partial charge in [0.2, 0.25) is 0 Å². The minimum atomic E-state index is -3.64. The molecular weight excluding hydrogens is 308 g/mol. The number of ether oxygens (including phenoxy) is 1. The lowest BCUT2D eigenvalue weighted by molar-refractivity contribution is 0.157. The molecule has 3 rings (SSSR count). The zero-order valence-electron chi connectivity index (χ0n) is 8.87. The highest BCUT2D eigenvalue weighted by molar-refractivity contribution is 9.10. The van der Waals surface area contributed by atoms with E-state index >= 15 is 0 Å². The molecule has 0 amide bonds. The fourth-order valence-corrected chi connectivity index (χ4v) is 3.48. The molecular formula is C11H11BrO4S. The van der Waals surface area contributed by atoms with Crippen LogP contribution in [0.15, 0.2) is 33.6 Å². The van der Waals surface area contributed by atoms with Crippen molar-refractivity contribution >= 4 is 26.0 Å². The topological polar surface area (TPSA) is 55.9 Å². The zero-order valence-corrected chi connectivity index (χ0v) is 11.3. The number of rotatable bonds is 3. The van der Waals surface area contributed by atoms with Gasteiger partial charge in [0.15, 0.2) is 0 Å². The Bertz CT molecular complexity index is 515. The molecule has 1 aliphatic heterocycles. The fraction of sp³-hybridized carbons (Fsp3) is 0.455. The van der Waals surface area contributed by atoms with E-state index in [1.165, 1.54) is 12.1 Å². The molecule has 92 valence electrons. The van der Waals surface area contributed by atoms with E-state index in [-0.39, 0.29) is 23.2 Å². The van der Waals surface area contributed by atoms with Crippen LogP contribution in [0.2, 0.25) is 0 Å². The van der Waals surface area contributed by atoms with Gasteiger partial charge < -0.3 is 4.74 Å². The van der Waals surface area contributed by atoms with Crippen molar-refractivity contribution in [3.05, 3.63) is 28.7 Å². The maximum absolute atomic E-state index is 11.9. The second-order valence-corrected chi connectivity index (χ2v) is 6.80. The van der Waals surface area contributed by atoms with Gasteiger partial charge in [0.1, 0.15) is 0 Å². The van der Waals surface area contributed by atoms with Gasteiger partial charge in [-0.2, -0.15) is 8.42 Å². The van der Waals surface area contributed by atoms with Crippen LogP contribution in [0, 0.1) is 0 Å². The van der Waals surface area contributed by atoms with Crippen LogP contribution in [0.25, 0.3) is 0 Å². The third-order valence-electron chi connectivity index (χ3n) is 3.04. The number of fused-ring (bicyclic) bond motifs is 1. The first-order valence-corrected chi connectivity index (χ1v) is 7.59. The molecule has 0 radical (unpaired) electrons. The molecule has 0 unspecified atom stereocenters. The second-order valence-electron chi connectivity index (χ2n) is 4.31. The standard InChI is InChI=1S/C11H11BrO4S/c12-7-1-3-9(4-2-7)17(13,14)16-8-5-10-11(6-8)15-10/h1-4,8,10-11H,5-6H2/t10-,11-/m1/s1. The second kappa shape index (κ2) is 4.05. The van der Waals surface area contributed by atoms with Gasteiger partial charge >= 0.3 is 0 Å². The smallest absolute Gasteiger partial charge is 0.297 e. The van der Waals surface area contributed by atoms with Gasteiger partial charge in [-0.15, -0.1) is 0 Å². The van der Waals surface area contributed by atoms with Crippen molar-refractivity contribution in [3.8, 4) is 0 Å². The summed E-state index contributed by atoms with van der Waals surface area (Å²) in [6, 6.07) is 6.44. The quantitative estimate of drug-likeness (QED) is 0.632. The first-order valence-electron chi connectivity index (χ1n) is 5.39. The van der Waals surface area contributed by atoms with Crippen molar-refractivity contribution in [3.63, 3.8) is 0 Å². The van der Waals surface area contributed by atoms with E-state index in [9.17, 15) is 8.42 Å². The van der Waals surface area contributed by atoms with E-state index < -0.39 is 10.1 Å². The largest absolute Gasteiger partial charge is 0.369 e. The maximum Gasteiger partial charge on any atom is 0.297 e. The predicted octanol–water partition coefficient (Wildman–Crippen LogP) is 2.08. The van der Waals surface area contributed by atoms with Crippen LogP contribution in [0.3, 0.4) is 0 Å². The lowest BCUT2D eigenvalue weighted by Gasteiger charge is -2.12. The van der Waals surface area contributed by atoms with Crippen LogP contribution in [-0.2, 0) is 19.0 Å². The minimum Gasteiger partial charge on any atom is -0.369 e. The van der Waals surface area contributed by atoms with E-state index in [2.05, 4.69) is 15.9 Å². The first-order chi connectivity index (χ1) is 8.04. The van der Waals surface area contributed by atoms with Crippen LogP contribution in [0.5, 0.6) is 0 Å². The van der Waals surface area contributed by atoms with Gasteiger partial charge in [-0.05, 0) is 24.3 Å². The molecule has 0 bridgehead atoms. The molecule has 0 spiro atoms. The number of halogens is 1. The minimum absolute atomic E-state index is 0.196. The molecule has 2 atom stereocenters. The SMILES string of the molecule is O=S(=O)(OC1C[C@H]2O[C@@H]2C1)c1ccc(Br)cc1. The fourth-order valence-electron chi connectivity index (χ4n) is 2.12. The van der Waals surface area contributed by atoms with Gasteiger partial charge in [-0.1, -0.05) is 15.9 Å². The number of epoxide rings is 1. The predicted molar refractivity (Wildman–Crippen MR) is 64.1 cm³/mol. The number of hydrogen-bond donors (Lipinski definition) is 0. The molecule has 1 heterocycles. The highest BCUT2D eigenvalue weighted by atomic mass is 79.9. The summed E-state index contributed by atoms with van der Waals surface area (Å²) in [5.41, 5.74) is 0. The lowest BCUT2D eigenvalue weighted by Crippen LogP contribution is -2.17. The lowest BCUT2D eigenvalue weighted by atomic mass is 10.3. The molecule has 2 aliphatic rings. The molecule has 1 aromatic rings. The molecule has 1 saturated carbocycles. The molecule has 0 N–H and O–H groups in total. The molecule has 1 aliphatic carbocycles. The molecule has 1 aromatic carbocycles. The maximum atomic E-state index is 11.9. The summed E-state index contributed by atoms with van der Waals surface area (Å²) in [6.45, 7) is 0. The van der Waals surface area contributed by atoms with E-state index in [0.717, 1.165) is 4.47 Å². The summed E-state index contributed by atoms with van der Waals surface area (Å²) in [6.07, 6.45) is 1.58. The van der Waals surface area contributed by atoms with E-state index in [1.54, 1.807) is 12.1 Å². The van der Waals surface area contributed by atoms with Crippen LogP contribution in [0.4, 0.5) is 0 Å². The van der Waals surface area contributed by atoms with Crippen LogP contribution >= 0.6 is 15.9 Å². The molecule has 2 fully saturated rings. The Labute approximate surface area is 108 Å². The Hall–Kier alpha value is -0.430. The summed E-state index contributed by atoms with van der Waals surface area (Å²) in [4.78, 5) is 0.196. The Balaban J connectivity index is 1.74. The third-order valence-corrected chi connectivity index (χ3v) is 4.95. The number of hydrogen-bond acceptors (Lipinski definition) is 4. The van der Waals surface area contributed by atoms with Crippen molar-refractivity contribution in [1.29, 1.82) is 0 Å². The van der Waals surface area contributed by atoms with Crippen molar-refractivity contribution in [2.24, 2.45) is 0 Å². The Morgan fingerprint density at radius 3 is 2.35 bits per heavy atom. The molecule has 17 heavy (non-hydrogen) atoms. The Morgan fingerprint density at radius 1 is 1.18 bits per heavy atom. The van der Waals surface area contributed by atoms with Crippen molar-refractivity contribution < 1.29 is 17.3 Å². The van der Waals surface area contributed by atoms with Gasteiger partial charge in [-0.25, -0.2) is 0 Å². The molecule has 6 heteroatoms. The number of benzene rings is 1. The van der Waals surface area contributed by atoms with Crippen LogP contribution < -0.4 is 0 Å². The molecule has 0 aromatic heterocycles. The van der Waals surface area contributed by atoms with Gasteiger partial charge in [0, 0.05) is 17.3 Å². The summed E-state index contributed by atoms with van der Waals surface area (Å²) < 4.78 is 35.2. The average Bonchev–Trinajstić information content (AvgIpc) is 2.86. The monoisotopic (exact) mass is 318 g/mol. The summed E-state index contributed by atoms with van der Waals surface area (Å²) >= 11 is 3.26. The van der Waals surface area contributed by atoms with Gasteiger partial charge in [0.05, 0.1) is 23.2 Å². The van der Waals surface area contributed by atoms with E-state index in [1.807, 2.05) is 0 Å². The third kappa shape index (κ3) is 2.40. The average molecular weight is 319 g/mol. The van der Waals surface area contributed by atoms with E-state index in [0.29, 0.717) is 12.8 Å². The molecule has 1 saturated heterocycles. The van der Waals surface area contributed by atoms with Gasteiger partial charge in [-0.3, -0.25) is 4.18 Å². The van der Waals surface area contributed by atoms with Crippen molar-refractivity contribution in [2.45, 2.75) is 36.0 Å². The van der Waals surface area contributed by atoms with Crippen molar-refractivity contribution in [1.82, 2.24) is 0 Å². The Kier molecular flexibility index (Phi) is 2.77. The summed E-state index contributed by atoms with van der Waals surface area (Å²) in [5.74, 6) is 0. The normalized spacial score (nSPS) is 28.1. The van der Waals surface area contributed by atoms with E-state index in [4.69, 9.17) is 8.92 Å². The first kappa shape index (κ1) is 11.6. The van der Waals surface area contributed by atoms with Gasteiger partial charge in [0.25, 0.3) is 10.1 Å². The van der Waals surface area contributed by atoms with Crippen LogP contribution in [0.1, 0.15) is 12.8 Å².